The third-order valence-electron chi connectivity index (χ3n) is 9.86. The highest BCUT2D eigenvalue weighted by Crippen LogP contribution is 2.45. The molecule has 3 heterocycles. The normalized spacial score (nSPS) is 20.1. The third-order valence-corrected chi connectivity index (χ3v) is 14.3. The number of methoxy groups -OCH3 is 2. The minimum absolute atomic E-state index is 0.00650. The van der Waals surface area contributed by atoms with Gasteiger partial charge >= 0.3 is 0 Å². The van der Waals surface area contributed by atoms with Crippen LogP contribution in [-0.2, 0) is 19.5 Å². The molecule has 11 nitrogen and oxygen atoms in total. The van der Waals surface area contributed by atoms with E-state index in [0.717, 1.165) is 16.7 Å². The molecule has 3 aromatic carbocycles. The molecule has 0 bridgehead atoms. The summed E-state index contributed by atoms with van der Waals surface area (Å²) in [5.74, 6) is 1.42. The molecule has 0 radical (unpaired) electrons. The number of hydrogen-bond acceptors (Lipinski definition) is 9. The Morgan fingerprint density at radius 2 is 1.47 bits per heavy atom. The number of aliphatic hydroxyl groups is 1. The Morgan fingerprint density at radius 3 is 2.02 bits per heavy atom. The molecular weight excluding hydrogens is 641 g/mol. The summed E-state index contributed by atoms with van der Waals surface area (Å²) in [6.07, 6.45) is -0.412. The average molecular weight is 685 g/mol. The Kier molecular flexibility index (Phi) is 9.53. The van der Waals surface area contributed by atoms with Gasteiger partial charge in [-0.25, -0.2) is 10.1 Å². The van der Waals surface area contributed by atoms with Crippen LogP contribution in [0.1, 0.15) is 43.7 Å². The number of aromatic amines is 1. The molecule has 0 saturated carbocycles. The molecule has 2 N–H and O–H groups in total. The van der Waals surface area contributed by atoms with Crippen LogP contribution in [0.4, 0.5) is 0 Å². The maximum atomic E-state index is 12.5. The smallest absolute Gasteiger partial charge is 0.292 e. The minimum atomic E-state index is -2.43. The molecule has 258 valence electrons. The van der Waals surface area contributed by atoms with Gasteiger partial charge in [-0.3, -0.25) is 9.36 Å². The van der Waals surface area contributed by atoms with Crippen molar-refractivity contribution in [2.45, 2.75) is 69.0 Å². The van der Waals surface area contributed by atoms with E-state index in [1.54, 1.807) is 18.8 Å². The molecule has 1 fully saturated rings. The van der Waals surface area contributed by atoms with Gasteiger partial charge in [-0.05, 0) is 59.1 Å². The summed E-state index contributed by atoms with van der Waals surface area (Å²) in [6, 6.07) is 25.5. The first-order valence-electron chi connectivity index (χ1n) is 16.3. The molecule has 1 unspecified atom stereocenters. The first-order chi connectivity index (χ1) is 23.4. The quantitative estimate of drug-likeness (QED) is 0.131. The maximum Gasteiger partial charge on any atom is 0.292 e. The summed E-state index contributed by atoms with van der Waals surface area (Å²) < 4.78 is 33.4. The lowest BCUT2D eigenvalue weighted by atomic mass is 9.80. The molecule has 6 rings (SSSR count). The fourth-order valence-electron chi connectivity index (χ4n) is 6.09. The number of benzene rings is 3. The van der Waals surface area contributed by atoms with Gasteiger partial charge in [0.25, 0.3) is 5.56 Å². The van der Waals surface area contributed by atoms with Gasteiger partial charge in [0.2, 0.25) is 0 Å². The highest BCUT2D eigenvalue weighted by molar-refractivity contribution is 6.74. The summed E-state index contributed by atoms with van der Waals surface area (Å²) in [4.78, 5) is 16.9. The summed E-state index contributed by atoms with van der Waals surface area (Å²) in [5, 5.41) is 18.3. The van der Waals surface area contributed by atoms with E-state index >= 15 is 0 Å². The van der Waals surface area contributed by atoms with Crippen LogP contribution in [0.3, 0.4) is 0 Å². The number of hydrogen-bond donors (Lipinski definition) is 2. The Bertz CT molecular complexity index is 1870. The first kappa shape index (κ1) is 34.5. The fraction of sp³-hybridized carbons (Fsp3) is 0.378. The Balaban J connectivity index is 1.43. The van der Waals surface area contributed by atoms with Crippen molar-refractivity contribution in [2.75, 3.05) is 20.8 Å². The molecule has 5 aromatic rings. The van der Waals surface area contributed by atoms with Crippen molar-refractivity contribution in [3.8, 4) is 11.5 Å². The predicted molar refractivity (Wildman–Crippen MR) is 188 cm³/mol. The number of nitrogens with one attached hydrogen (secondary N) is 1. The van der Waals surface area contributed by atoms with E-state index in [2.05, 4.69) is 49.0 Å². The van der Waals surface area contributed by atoms with Crippen molar-refractivity contribution in [1.29, 1.82) is 0 Å². The van der Waals surface area contributed by atoms with E-state index < -0.39 is 44.0 Å². The number of H-pyrrole nitrogens is 1. The number of nitrogens with zero attached hydrogens (tertiary/aromatic N) is 3. The van der Waals surface area contributed by atoms with Crippen molar-refractivity contribution in [3.63, 3.8) is 0 Å². The maximum absolute atomic E-state index is 12.5. The second kappa shape index (κ2) is 13.5. The lowest BCUT2D eigenvalue weighted by Gasteiger charge is -2.40. The topological polar surface area (TPSA) is 130 Å². The van der Waals surface area contributed by atoms with Crippen molar-refractivity contribution in [3.05, 3.63) is 118 Å². The van der Waals surface area contributed by atoms with Gasteiger partial charge in [-0.2, -0.15) is 5.10 Å². The highest BCUT2D eigenvalue weighted by atomic mass is 28.4. The molecule has 1 aliphatic heterocycles. The molecule has 12 heteroatoms. The van der Waals surface area contributed by atoms with Crippen LogP contribution in [0.2, 0.25) is 18.1 Å². The zero-order valence-electron chi connectivity index (χ0n) is 28.9. The first-order valence-corrected chi connectivity index (χ1v) is 19.2. The minimum Gasteiger partial charge on any atom is -0.497 e. The number of fused-ring (bicyclic) bond motifs is 1. The monoisotopic (exact) mass is 684 g/mol. The van der Waals surface area contributed by atoms with Crippen LogP contribution in [0.25, 0.3) is 11.0 Å². The number of imidazole rings is 1. The molecular formula is C37H44N4O7Si. The van der Waals surface area contributed by atoms with Crippen LogP contribution in [-0.4, -0.2) is 72.3 Å². The number of ether oxygens (including phenoxy) is 4. The molecule has 2 aromatic heterocycles. The lowest BCUT2D eigenvalue weighted by molar-refractivity contribution is -0.0939. The van der Waals surface area contributed by atoms with Crippen LogP contribution in [0.15, 0.2) is 96.2 Å². The fourth-order valence-corrected chi connectivity index (χ4v) is 7.38. The van der Waals surface area contributed by atoms with Crippen molar-refractivity contribution < 1.29 is 28.5 Å². The summed E-state index contributed by atoms with van der Waals surface area (Å²) in [7, 11) is 0.832. The average Bonchev–Trinajstić information content (AvgIpc) is 3.66. The Hall–Kier alpha value is -4.33. The summed E-state index contributed by atoms with van der Waals surface area (Å²) in [6.45, 7) is 10.7. The van der Waals surface area contributed by atoms with Gasteiger partial charge in [-0.1, -0.05) is 75.4 Å². The molecule has 4 atom stereocenters. The van der Waals surface area contributed by atoms with Gasteiger partial charge in [0.05, 0.1) is 38.9 Å². The van der Waals surface area contributed by atoms with Crippen LogP contribution >= 0.6 is 0 Å². The van der Waals surface area contributed by atoms with E-state index in [9.17, 15) is 9.90 Å². The molecule has 1 aliphatic rings. The predicted octanol–water partition coefficient (Wildman–Crippen LogP) is 5.79. The van der Waals surface area contributed by atoms with Crippen molar-refractivity contribution >= 4 is 19.4 Å². The number of aromatic nitrogens is 4. The lowest BCUT2D eigenvalue weighted by Crippen LogP contribution is -2.49. The summed E-state index contributed by atoms with van der Waals surface area (Å²) in [5.41, 5.74) is 1.76. The van der Waals surface area contributed by atoms with E-state index in [1.165, 1.54) is 12.5 Å². The van der Waals surface area contributed by atoms with E-state index in [4.69, 9.17) is 23.4 Å². The van der Waals surface area contributed by atoms with Crippen LogP contribution < -0.4 is 15.0 Å². The van der Waals surface area contributed by atoms with Crippen LogP contribution in [0, 0.1) is 0 Å². The second-order valence-electron chi connectivity index (χ2n) is 13.8. The highest BCUT2D eigenvalue weighted by Gasteiger charge is 2.51. The largest absolute Gasteiger partial charge is 0.497 e. The Labute approximate surface area is 286 Å². The van der Waals surface area contributed by atoms with Gasteiger partial charge in [0.1, 0.15) is 35.4 Å². The van der Waals surface area contributed by atoms with Gasteiger partial charge in [0.15, 0.2) is 20.1 Å². The SMILES string of the molecule is COc1ccc(C(OC[C@H]2OC(n3cnc4c(=O)[nH]ncc43)[C@H](O[Si](C)(C)C(C)(C)C)[C@@H]2O)(c2ccccc2)c2ccc(OC)cc2)cc1. The third kappa shape index (κ3) is 6.42. The summed E-state index contributed by atoms with van der Waals surface area (Å²) >= 11 is 0. The van der Waals surface area contributed by atoms with Gasteiger partial charge < -0.3 is 28.5 Å². The number of rotatable bonds is 11. The molecule has 0 spiro atoms. The molecule has 0 aliphatic carbocycles. The molecule has 0 amide bonds. The Morgan fingerprint density at radius 1 is 0.898 bits per heavy atom. The standard InChI is InChI=1S/C37H44N4O7Si/c1-36(2,3)49(6,7)48-33-32(42)30(47-35(33)41-23-38-31-29(41)21-39-40-34(31)43)22-46-37(24-11-9-8-10-12-24,25-13-17-27(44-4)18-14-25)26-15-19-28(45-5)20-16-26/h8-21,23,30,32-33,35,42H,22H2,1-7H3,(H,40,43)/t30-,32-,33-,35?/m1/s1. The van der Waals surface area contributed by atoms with E-state index in [1.807, 2.05) is 78.9 Å². The zero-order valence-corrected chi connectivity index (χ0v) is 29.9. The molecule has 49 heavy (non-hydrogen) atoms. The second-order valence-corrected chi connectivity index (χ2v) is 18.6. The molecule has 1 saturated heterocycles. The number of aliphatic hydroxyl groups excluding tert-OH is 1. The zero-order chi connectivity index (χ0) is 35.0. The van der Waals surface area contributed by atoms with Crippen LogP contribution in [0.5, 0.6) is 11.5 Å². The van der Waals surface area contributed by atoms with Crippen molar-refractivity contribution in [1.82, 2.24) is 19.7 Å². The van der Waals surface area contributed by atoms with E-state index in [0.29, 0.717) is 17.0 Å². The van der Waals surface area contributed by atoms with Gasteiger partial charge in [0, 0.05) is 0 Å². The van der Waals surface area contributed by atoms with Gasteiger partial charge in [-0.15, -0.1) is 0 Å². The van der Waals surface area contributed by atoms with E-state index in [-0.39, 0.29) is 17.2 Å². The van der Waals surface area contributed by atoms with Crippen molar-refractivity contribution in [2.24, 2.45) is 0 Å².